The lowest BCUT2D eigenvalue weighted by Crippen LogP contribution is -2.10. The Labute approximate surface area is 157 Å². The van der Waals surface area contributed by atoms with Gasteiger partial charge in [-0.1, -0.05) is 29.5 Å². The van der Waals surface area contributed by atoms with Crippen molar-refractivity contribution in [3.63, 3.8) is 0 Å². The van der Waals surface area contributed by atoms with E-state index in [0.717, 1.165) is 5.56 Å². The number of nitrogens with two attached hydrogens (primary N) is 1. The van der Waals surface area contributed by atoms with E-state index in [-0.39, 0.29) is 11.5 Å². The lowest BCUT2D eigenvalue weighted by molar-refractivity contribution is 0.100. The van der Waals surface area contributed by atoms with Gasteiger partial charge in [-0.15, -0.1) is 0 Å². The Morgan fingerprint density at radius 1 is 0.963 bits per heavy atom. The maximum absolute atomic E-state index is 14.5. The Balaban J connectivity index is 1.60. The molecule has 4 aromatic rings. The van der Waals surface area contributed by atoms with Gasteiger partial charge in [0.2, 0.25) is 5.91 Å². The second-order valence-electron chi connectivity index (χ2n) is 5.89. The number of rotatable bonds is 4. The van der Waals surface area contributed by atoms with E-state index in [1.165, 1.54) is 29.5 Å². The van der Waals surface area contributed by atoms with Gasteiger partial charge in [-0.2, -0.15) is 0 Å². The van der Waals surface area contributed by atoms with Gasteiger partial charge in [0.05, 0.1) is 15.9 Å². The zero-order valence-electron chi connectivity index (χ0n) is 13.9. The topological polar surface area (TPSA) is 68.0 Å². The third kappa shape index (κ3) is 3.50. The number of benzene rings is 3. The largest absolute Gasteiger partial charge is 0.366 e. The number of thiazole rings is 1. The normalized spacial score (nSPS) is 10.9. The first-order chi connectivity index (χ1) is 13.0. The summed E-state index contributed by atoms with van der Waals surface area (Å²) in [7, 11) is 0. The minimum absolute atomic E-state index is 0.270. The molecular formula is C20H13F2N3OS. The van der Waals surface area contributed by atoms with E-state index >= 15 is 0 Å². The van der Waals surface area contributed by atoms with Crippen LogP contribution < -0.4 is 11.1 Å². The molecular weight excluding hydrogens is 368 g/mol. The van der Waals surface area contributed by atoms with E-state index in [1.807, 2.05) is 0 Å². The highest BCUT2D eigenvalue weighted by atomic mass is 32.1. The molecule has 0 unspecified atom stereocenters. The van der Waals surface area contributed by atoms with Crippen molar-refractivity contribution >= 4 is 38.3 Å². The number of hydrogen-bond acceptors (Lipinski definition) is 4. The molecule has 7 heteroatoms. The van der Waals surface area contributed by atoms with Crippen molar-refractivity contribution in [3.8, 4) is 11.1 Å². The summed E-state index contributed by atoms with van der Waals surface area (Å²) in [6.07, 6.45) is 0. The van der Waals surface area contributed by atoms with Gasteiger partial charge >= 0.3 is 0 Å². The molecule has 4 nitrogen and oxygen atoms in total. The average Bonchev–Trinajstić information content (AvgIpc) is 3.05. The molecule has 27 heavy (non-hydrogen) atoms. The molecule has 0 saturated heterocycles. The molecule has 0 atom stereocenters. The predicted molar refractivity (Wildman–Crippen MR) is 103 cm³/mol. The van der Waals surface area contributed by atoms with E-state index in [9.17, 15) is 13.6 Å². The lowest BCUT2D eigenvalue weighted by Gasteiger charge is -2.07. The van der Waals surface area contributed by atoms with Crippen LogP contribution >= 0.6 is 11.3 Å². The molecule has 4 rings (SSSR count). The Morgan fingerprint density at radius 2 is 1.70 bits per heavy atom. The van der Waals surface area contributed by atoms with Crippen LogP contribution in [0.25, 0.3) is 21.3 Å². The highest BCUT2D eigenvalue weighted by Gasteiger charge is 2.10. The first-order valence-electron chi connectivity index (χ1n) is 8.02. The highest BCUT2D eigenvalue weighted by molar-refractivity contribution is 7.22. The van der Waals surface area contributed by atoms with Crippen molar-refractivity contribution in [1.82, 2.24) is 4.98 Å². The van der Waals surface area contributed by atoms with Crippen LogP contribution in [0.5, 0.6) is 0 Å². The van der Waals surface area contributed by atoms with Crippen LogP contribution in [-0.4, -0.2) is 10.9 Å². The molecule has 3 N–H and O–H groups in total. The van der Waals surface area contributed by atoms with Gasteiger partial charge in [-0.25, -0.2) is 13.8 Å². The first kappa shape index (κ1) is 17.1. The fourth-order valence-corrected chi connectivity index (χ4v) is 3.59. The van der Waals surface area contributed by atoms with E-state index in [4.69, 9.17) is 5.73 Å². The van der Waals surface area contributed by atoms with Crippen molar-refractivity contribution < 1.29 is 13.6 Å². The fourth-order valence-electron chi connectivity index (χ4n) is 2.69. The van der Waals surface area contributed by atoms with Gasteiger partial charge in [0, 0.05) is 5.56 Å². The summed E-state index contributed by atoms with van der Waals surface area (Å²) in [5.74, 6) is -1.30. The zero-order valence-corrected chi connectivity index (χ0v) is 14.7. The van der Waals surface area contributed by atoms with Crippen LogP contribution in [0.2, 0.25) is 0 Å². The van der Waals surface area contributed by atoms with Gasteiger partial charge in [-0.05, 0) is 53.6 Å². The number of fused-ring (bicyclic) bond motifs is 1. The number of nitrogens with one attached hydrogen (secondary N) is 1. The van der Waals surface area contributed by atoms with Crippen LogP contribution in [-0.2, 0) is 0 Å². The zero-order chi connectivity index (χ0) is 19.0. The number of carbonyl (C=O) groups excluding carboxylic acids is 1. The van der Waals surface area contributed by atoms with Gasteiger partial charge in [0.25, 0.3) is 0 Å². The number of hydrogen-bond donors (Lipinski definition) is 2. The molecule has 1 aromatic heterocycles. The van der Waals surface area contributed by atoms with Gasteiger partial charge in [-0.3, -0.25) is 4.79 Å². The number of amides is 1. The van der Waals surface area contributed by atoms with Gasteiger partial charge < -0.3 is 11.1 Å². The molecule has 0 saturated carbocycles. The van der Waals surface area contributed by atoms with Crippen LogP contribution in [0.3, 0.4) is 0 Å². The SMILES string of the molecule is NC(=O)c1ccc(-c2ccc(Nc3nc4ccc(F)cc4s3)c(F)c2)cc1. The third-order valence-electron chi connectivity index (χ3n) is 4.06. The molecule has 0 radical (unpaired) electrons. The maximum atomic E-state index is 14.5. The van der Waals surface area contributed by atoms with Crippen molar-refractivity contribution in [2.45, 2.75) is 0 Å². The van der Waals surface area contributed by atoms with Crippen LogP contribution in [0.15, 0.2) is 60.7 Å². The third-order valence-corrected chi connectivity index (χ3v) is 5.00. The Bertz CT molecular complexity index is 1160. The van der Waals surface area contributed by atoms with Crippen molar-refractivity contribution in [2.24, 2.45) is 5.73 Å². The quantitative estimate of drug-likeness (QED) is 0.518. The first-order valence-corrected chi connectivity index (χ1v) is 8.84. The van der Waals surface area contributed by atoms with E-state index < -0.39 is 11.7 Å². The number of nitrogens with zero attached hydrogens (tertiary/aromatic N) is 1. The summed E-state index contributed by atoms with van der Waals surface area (Å²) < 4.78 is 28.5. The second kappa shape index (κ2) is 6.77. The molecule has 3 aromatic carbocycles. The van der Waals surface area contributed by atoms with Crippen LogP contribution in [0.1, 0.15) is 10.4 Å². The van der Waals surface area contributed by atoms with Gasteiger partial charge in [0.15, 0.2) is 5.13 Å². The molecule has 0 aliphatic heterocycles. The minimum atomic E-state index is -0.511. The average molecular weight is 381 g/mol. The smallest absolute Gasteiger partial charge is 0.248 e. The van der Waals surface area contributed by atoms with Crippen LogP contribution in [0, 0.1) is 11.6 Å². The van der Waals surface area contributed by atoms with Crippen molar-refractivity contribution in [1.29, 1.82) is 0 Å². The van der Waals surface area contributed by atoms with Crippen molar-refractivity contribution in [2.75, 3.05) is 5.32 Å². The molecule has 0 aliphatic rings. The maximum Gasteiger partial charge on any atom is 0.248 e. The van der Waals surface area contributed by atoms with Gasteiger partial charge in [0.1, 0.15) is 11.6 Å². The molecule has 134 valence electrons. The lowest BCUT2D eigenvalue weighted by atomic mass is 10.0. The van der Waals surface area contributed by atoms with E-state index in [2.05, 4.69) is 10.3 Å². The molecule has 0 spiro atoms. The summed E-state index contributed by atoms with van der Waals surface area (Å²) >= 11 is 1.25. The second-order valence-corrected chi connectivity index (χ2v) is 6.92. The monoisotopic (exact) mass is 381 g/mol. The molecule has 1 heterocycles. The standard InChI is InChI=1S/C20H13F2N3OS/c21-14-6-8-17-18(10-14)27-20(25-17)24-16-7-5-13(9-15(16)22)11-1-3-12(4-2-11)19(23)26/h1-10H,(H2,23,26)(H,24,25). The van der Waals surface area contributed by atoms with E-state index in [1.54, 1.807) is 42.5 Å². The number of carbonyl (C=O) groups is 1. The number of aromatic nitrogens is 1. The summed E-state index contributed by atoms with van der Waals surface area (Å²) in [4.78, 5) is 15.5. The van der Waals surface area contributed by atoms with Crippen molar-refractivity contribution in [3.05, 3.63) is 77.9 Å². The minimum Gasteiger partial charge on any atom is -0.366 e. The molecule has 0 bridgehead atoms. The van der Waals surface area contributed by atoms with E-state index in [0.29, 0.717) is 26.5 Å². The summed E-state index contributed by atoms with van der Waals surface area (Å²) in [6.45, 7) is 0. The number of halogens is 2. The number of anilines is 2. The predicted octanol–water partition coefficient (Wildman–Crippen LogP) is 5.08. The van der Waals surface area contributed by atoms with Crippen LogP contribution in [0.4, 0.5) is 19.6 Å². The summed E-state index contributed by atoms with van der Waals surface area (Å²) in [5.41, 5.74) is 7.97. The summed E-state index contributed by atoms with van der Waals surface area (Å²) in [6, 6.07) is 15.7. The fraction of sp³-hybridized carbons (Fsp3) is 0. The highest BCUT2D eigenvalue weighted by Crippen LogP contribution is 2.31. The number of primary amides is 1. The Kier molecular flexibility index (Phi) is 4.29. The molecule has 1 amide bonds. The molecule has 0 aliphatic carbocycles. The molecule has 0 fully saturated rings. The Hall–Kier alpha value is -3.32. The Morgan fingerprint density at radius 3 is 2.41 bits per heavy atom. The summed E-state index contributed by atoms with van der Waals surface area (Å²) in [5, 5.41) is 3.41.